The molecule has 0 radical (unpaired) electrons. The van der Waals surface area contributed by atoms with E-state index >= 15 is 0 Å². The summed E-state index contributed by atoms with van der Waals surface area (Å²) < 4.78 is 0. The van der Waals surface area contributed by atoms with Gasteiger partial charge in [0.1, 0.15) is 0 Å². The topological polar surface area (TPSA) is 24.1 Å². The zero-order chi connectivity index (χ0) is 16.8. The van der Waals surface area contributed by atoms with E-state index in [9.17, 15) is 0 Å². The molecule has 0 amide bonds. The second-order valence-corrected chi connectivity index (χ2v) is 7.10. The standard InChI is InChI=1S/C22H30N2/c1-17(19-11-5-3-6-12-19)23-21-15-9-10-16-22(21)24-18(2)20-13-7-4-8-14-20/h3-8,11-14,17-18,21-24H,9-10,15-16H2,1-2H3/t17-,18?,21?,22-/m0/s1. The Morgan fingerprint density at radius 3 is 1.42 bits per heavy atom. The van der Waals surface area contributed by atoms with Gasteiger partial charge >= 0.3 is 0 Å². The minimum absolute atomic E-state index is 0.394. The van der Waals surface area contributed by atoms with Gasteiger partial charge in [0.15, 0.2) is 0 Å². The first-order valence-electron chi connectivity index (χ1n) is 9.36. The molecule has 1 aliphatic carbocycles. The summed E-state index contributed by atoms with van der Waals surface area (Å²) in [7, 11) is 0. The van der Waals surface area contributed by atoms with E-state index in [0.717, 1.165) is 0 Å². The molecule has 0 aromatic heterocycles. The molecule has 2 aromatic rings. The Morgan fingerprint density at radius 1 is 0.667 bits per heavy atom. The van der Waals surface area contributed by atoms with Crippen molar-refractivity contribution in [3.8, 4) is 0 Å². The lowest BCUT2D eigenvalue weighted by Gasteiger charge is -2.37. The molecule has 2 aromatic carbocycles. The van der Waals surface area contributed by atoms with Crippen LogP contribution in [0.25, 0.3) is 0 Å². The molecule has 0 bridgehead atoms. The first kappa shape index (κ1) is 17.2. The average molecular weight is 322 g/mol. The molecule has 128 valence electrons. The Bertz CT molecular complexity index is 540. The summed E-state index contributed by atoms with van der Waals surface area (Å²) in [5.74, 6) is 0. The van der Waals surface area contributed by atoms with Gasteiger partial charge in [-0.15, -0.1) is 0 Å². The summed E-state index contributed by atoms with van der Waals surface area (Å²) in [4.78, 5) is 0. The SMILES string of the molecule is CC(N[C@H]1CCCCC1N[C@@H](C)c1ccccc1)c1ccccc1. The molecule has 2 nitrogen and oxygen atoms in total. The zero-order valence-corrected chi connectivity index (χ0v) is 14.9. The van der Waals surface area contributed by atoms with Gasteiger partial charge in [0.25, 0.3) is 0 Å². The largest absolute Gasteiger partial charge is 0.306 e. The summed E-state index contributed by atoms with van der Waals surface area (Å²) in [6.07, 6.45) is 5.18. The van der Waals surface area contributed by atoms with Crippen molar-refractivity contribution in [1.82, 2.24) is 10.6 Å². The highest BCUT2D eigenvalue weighted by Gasteiger charge is 2.27. The molecule has 2 heteroatoms. The van der Waals surface area contributed by atoms with Gasteiger partial charge in [-0.3, -0.25) is 0 Å². The Kier molecular flexibility index (Phi) is 6.06. The zero-order valence-electron chi connectivity index (χ0n) is 14.9. The predicted molar refractivity (Wildman–Crippen MR) is 102 cm³/mol. The molecule has 1 fully saturated rings. The molecule has 2 N–H and O–H groups in total. The molecule has 3 rings (SSSR count). The smallest absolute Gasteiger partial charge is 0.0295 e. The third-order valence-electron chi connectivity index (χ3n) is 5.29. The van der Waals surface area contributed by atoms with Crippen LogP contribution in [0.2, 0.25) is 0 Å². The van der Waals surface area contributed by atoms with Gasteiger partial charge in [0, 0.05) is 24.2 Å². The van der Waals surface area contributed by atoms with Crippen LogP contribution in [0.4, 0.5) is 0 Å². The monoisotopic (exact) mass is 322 g/mol. The van der Waals surface area contributed by atoms with E-state index < -0.39 is 0 Å². The van der Waals surface area contributed by atoms with E-state index in [0.29, 0.717) is 24.2 Å². The third kappa shape index (κ3) is 4.46. The van der Waals surface area contributed by atoms with Crippen LogP contribution >= 0.6 is 0 Å². The third-order valence-corrected chi connectivity index (χ3v) is 5.29. The molecule has 0 spiro atoms. The van der Waals surface area contributed by atoms with Crippen molar-refractivity contribution >= 4 is 0 Å². The predicted octanol–water partition coefficient (Wildman–Crippen LogP) is 5.00. The molecular weight excluding hydrogens is 292 g/mol. The number of rotatable bonds is 6. The number of benzene rings is 2. The molecule has 4 atom stereocenters. The molecule has 24 heavy (non-hydrogen) atoms. The van der Waals surface area contributed by atoms with Gasteiger partial charge < -0.3 is 10.6 Å². The van der Waals surface area contributed by atoms with Crippen molar-refractivity contribution in [2.24, 2.45) is 0 Å². The van der Waals surface area contributed by atoms with Crippen molar-refractivity contribution in [2.45, 2.75) is 63.7 Å². The lowest BCUT2D eigenvalue weighted by Crippen LogP contribution is -2.51. The lowest BCUT2D eigenvalue weighted by molar-refractivity contribution is 0.253. The van der Waals surface area contributed by atoms with E-state index in [1.165, 1.54) is 36.8 Å². The van der Waals surface area contributed by atoms with E-state index in [-0.39, 0.29) is 0 Å². The highest BCUT2D eigenvalue weighted by molar-refractivity contribution is 5.20. The van der Waals surface area contributed by atoms with Crippen LogP contribution in [0.3, 0.4) is 0 Å². The number of nitrogens with one attached hydrogen (secondary N) is 2. The van der Waals surface area contributed by atoms with Crippen LogP contribution in [-0.2, 0) is 0 Å². The van der Waals surface area contributed by atoms with Crippen LogP contribution in [0.15, 0.2) is 60.7 Å². The molecule has 2 unspecified atom stereocenters. The quantitative estimate of drug-likeness (QED) is 0.782. The maximum atomic E-state index is 3.88. The number of hydrogen-bond acceptors (Lipinski definition) is 2. The molecule has 0 heterocycles. The van der Waals surface area contributed by atoms with Crippen molar-refractivity contribution in [3.05, 3.63) is 71.8 Å². The summed E-state index contributed by atoms with van der Waals surface area (Å²) in [6, 6.07) is 23.4. The van der Waals surface area contributed by atoms with Gasteiger partial charge in [-0.25, -0.2) is 0 Å². The van der Waals surface area contributed by atoms with Crippen LogP contribution in [0, 0.1) is 0 Å². The maximum Gasteiger partial charge on any atom is 0.0295 e. The minimum atomic E-state index is 0.394. The Labute approximate surface area is 146 Å². The van der Waals surface area contributed by atoms with Crippen LogP contribution in [0.5, 0.6) is 0 Å². The van der Waals surface area contributed by atoms with Crippen LogP contribution in [0.1, 0.15) is 62.7 Å². The Balaban J connectivity index is 1.63. The summed E-state index contributed by atoms with van der Waals surface area (Å²) in [5, 5.41) is 7.76. The van der Waals surface area contributed by atoms with Gasteiger partial charge in [-0.1, -0.05) is 73.5 Å². The second-order valence-electron chi connectivity index (χ2n) is 7.10. The summed E-state index contributed by atoms with van der Waals surface area (Å²) in [5.41, 5.74) is 2.75. The van der Waals surface area contributed by atoms with Gasteiger partial charge in [-0.2, -0.15) is 0 Å². The van der Waals surface area contributed by atoms with E-state index in [2.05, 4.69) is 85.1 Å². The first-order valence-corrected chi connectivity index (χ1v) is 9.36. The van der Waals surface area contributed by atoms with Gasteiger partial charge in [0.05, 0.1) is 0 Å². The van der Waals surface area contributed by atoms with Crippen molar-refractivity contribution < 1.29 is 0 Å². The van der Waals surface area contributed by atoms with E-state index in [4.69, 9.17) is 0 Å². The van der Waals surface area contributed by atoms with E-state index in [1.807, 2.05) is 0 Å². The molecule has 0 saturated heterocycles. The maximum absolute atomic E-state index is 3.88. The fraction of sp³-hybridized carbons (Fsp3) is 0.455. The second kappa shape index (κ2) is 8.46. The fourth-order valence-electron chi connectivity index (χ4n) is 3.85. The van der Waals surface area contributed by atoms with Crippen LogP contribution in [-0.4, -0.2) is 12.1 Å². The molecule has 0 aliphatic heterocycles. The fourth-order valence-corrected chi connectivity index (χ4v) is 3.85. The highest BCUT2D eigenvalue weighted by Crippen LogP contribution is 2.24. The Morgan fingerprint density at radius 2 is 1.04 bits per heavy atom. The highest BCUT2D eigenvalue weighted by atomic mass is 15.1. The summed E-state index contributed by atoms with van der Waals surface area (Å²) >= 11 is 0. The average Bonchev–Trinajstić information content (AvgIpc) is 2.64. The first-order chi connectivity index (χ1) is 11.7. The van der Waals surface area contributed by atoms with E-state index in [1.54, 1.807) is 0 Å². The van der Waals surface area contributed by atoms with Crippen molar-refractivity contribution in [3.63, 3.8) is 0 Å². The van der Waals surface area contributed by atoms with Crippen molar-refractivity contribution in [2.75, 3.05) is 0 Å². The number of hydrogen-bond donors (Lipinski definition) is 2. The van der Waals surface area contributed by atoms with Gasteiger partial charge in [0.2, 0.25) is 0 Å². The lowest BCUT2D eigenvalue weighted by atomic mass is 9.88. The molecule has 1 saturated carbocycles. The molecular formula is C22H30N2. The van der Waals surface area contributed by atoms with Crippen molar-refractivity contribution in [1.29, 1.82) is 0 Å². The molecule has 1 aliphatic rings. The minimum Gasteiger partial charge on any atom is -0.306 e. The normalized spacial score (nSPS) is 23.6. The Hall–Kier alpha value is -1.64. The summed E-state index contributed by atoms with van der Waals surface area (Å²) in [6.45, 7) is 4.56. The van der Waals surface area contributed by atoms with Crippen LogP contribution < -0.4 is 10.6 Å². The van der Waals surface area contributed by atoms with Gasteiger partial charge in [-0.05, 0) is 37.8 Å².